The Morgan fingerprint density at radius 1 is 1.13 bits per heavy atom. The first-order chi connectivity index (χ1) is 14.3. The van der Waals surface area contributed by atoms with Crippen molar-refractivity contribution in [3.8, 4) is 0 Å². The van der Waals surface area contributed by atoms with E-state index in [1.54, 1.807) is 4.72 Å². The minimum atomic E-state index is -4.75. The Morgan fingerprint density at radius 3 is 2.35 bits per heavy atom. The Balaban J connectivity index is 2.20. The van der Waals surface area contributed by atoms with E-state index in [0.717, 1.165) is 6.20 Å². The molecule has 31 heavy (non-hydrogen) atoms. The number of sulfonamides is 1. The van der Waals surface area contributed by atoms with E-state index in [0.29, 0.717) is 16.6 Å². The van der Waals surface area contributed by atoms with E-state index < -0.39 is 73.0 Å². The predicted octanol–water partition coefficient (Wildman–Crippen LogP) is 2.18. The zero-order valence-corrected chi connectivity index (χ0v) is 18.3. The van der Waals surface area contributed by atoms with Gasteiger partial charge in [-0.25, -0.2) is 0 Å². The van der Waals surface area contributed by atoms with Crippen molar-refractivity contribution in [1.82, 2.24) is 4.98 Å². The number of aromatic nitrogens is 1. The molecule has 1 heterocycles. The molecule has 1 aromatic heterocycles. The molecule has 2 rings (SSSR count). The van der Waals surface area contributed by atoms with E-state index in [9.17, 15) is 40.0 Å². The summed E-state index contributed by atoms with van der Waals surface area (Å²) >= 11 is -0.841. The van der Waals surface area contributed by atoms with E-state index in [1.165, 1.54) is 19.1 Å². The number of carbonyl (C=O) groups excluding carboxylic acids is 2. The molecule has 1 aromatic carbocycles. The fourth-order valence-electron chi connectivity index (χ4n) is 2.15. The molecule has 0 bridgehead atoms. The van der Waals surface area contributed by atoms with Gasteiger partial charge in [0.15, 0.2) is 0 Å². The molecule has 7 nitrogen and oxygen atoms in total. The van der Waals surface area contributed by atoms with Crippen LogP contribution in [0.4, 0.5) is 33.3 Å². The topological polar surface area (TPSA) is 105 Å². The summed E-state index contributed by atoms with van der Waals surface area (Å²) in [5.41, 5.74) is -1.93. The van der Waals surface area contributed by atoms with Crippen molar-refractivity contribution in [2.75, 3.05) is 15.8 Å². The Bertz CT molecular complexity index is 1090. The number of carbonyl (C=O) groups is 2. The Kier molecular flexibility index (Phi) is 7.77. The second kappa shape index (κ2) is 9.73. The number of pyridine rings is 1. The van der Waals surface area contributed by atoms with Crippen LogP contribution >= 0.6 is 0 Å². The molecule has 0 atom stereocenters. The van der Waals surface area contributed by atoms with Gasteiger partial charge < -0.3 is 0 Å². The third kappa shape index (κ3) is 7.58. The summed E-state index contributed by atoms with van der Waals surface area (Å²) in [5.74, 6) is -5.10. The first-order valence-corrected chi connectivity index (χ1v) is 11.9. The average Bonchev–Trinajstić information content (AvgIpc) is 2.65. The number of anilines is 2. The predicted molar refractivity (Wildman–Crippen MR) is 103 cm³/mol. The number of halogens is 5. The number of nitrogens with zero attached hydrogens (tertiary/aromatic N) is 1. The van der Waals surface area contributed by atoms with Crippen molar-refractivity contribution in [1.29, 1.82) is 0 Å². The van der Waals surface area contributed by atoms with Gasteiger partial charge in [-0.3, -0.25) is 0 Å². The summed E-state index contributed by atoms with van der Waals surface area (Å²) in [5, 5.41) is 1.93. The summed E-state index contributed by atoms with van der Waals surface area (Å²) < 4.78 is 90.8. The molecule has 0 aliphatic carbocycles. The van der Waals surface area contributed by atoms with Crippen LogP contribution in [0, 0.1) is 11.6 Å². The molecule has 167 valence electrons. The number of rotatable bonds is 8. The van der Waals surface area contributed by atoms with Gasteiger partial charge in [-0.15, -0.1) is 0 Å². The zero-order valence-electron chi connectivity index (χ0n) is 15.6. The monoisotopic (exact) mass is 526 g/mol. The maximum absolute atomic E-state index is 14.6. The first kappa shape index (κ1) is 24.7. The van der Waals surface area contributed by atoms with Crippen molar-refractivity contribution in [2.24, 2.45) is 0 Å². The van der Waals surface area contributed by atoms with Crippen LogP contribution in [-0.2, 0) is 14.8 Å². The van der Waals surface area contributed by atoms with Crippen LogP contribution in [0.15, 0.2) is 30.5 Å². The number of alkyl halides is 3. The van der Waals surface area contributed by atoms with Crippen LogP contribution in [0.25, 0.3) is 0 Å². The molecule has 2 aromatic rings. The molecule has 14 heteroatoms. The summed E-state index contributed by atoms with van der Waals surface area (Å²) in [6.45, 7) is 1.39. The van der Waals surface area contributed by atoms with E-state index in [4.69, 9.17) is 0 Å². The van der Waals surface area contributed by atoms with Gasteiger partial charge in [0.05, 0.1) is 6.42 Å². The van der Waals surface area contributed by atoms with Crippen LogP contribution in [-0.4, -0.2) is 51.6 Å². The number of amides is 1. The second-order valence-electron chi connectivity index (χ2n) is 6.06. The first-order valence-electron chi connectivity index (χ1n) is 8.32. The molecule has 1 radical (unpaired) electrons. The van der Waals surface area contributed by atoms with Gasteiger partial charge in [0, 0.05) is 0 Å². The molecular weight excluding hydrogens is 512 g/mol. The maximum atomic E-state index is 14.6. The molecule has 0 spiro atoms. The number of benzene rings is 1. The van der Waals surface area contributed by atoms with E-state index in [1.807, 2.05) is 5.32 Å². The minimum absolute atomic E-state index is 0.0698. The van der Waals surface area contributed by atoms with E-state index in [-0.39, 0.29) is 10.1 Å². The molecular formula is C17H14AsF5N3O4S. The molecule has 0 fully saturated rings. The summed E-state index contributed by atoms with van der Waals surface area (Å²) in [4.78, 5) is 27.3. The van der Waals surface area contributed by atoms with Gasteiger partial charge in [-0.2, -0.15) is 13.2 Å². The summed E-state index contributed by atoms with van der Waals surface area (Å²) in [6, 6.07) is 4.01. The van der Waals surface area contributed by atoms with Crippen molar-refractivity contribution >= 4 is 52.1 Å². The van der Waals surface area contributed by atoms with Gasteiger partial charge in [0.2, 0.25) is 0 Å². The van der Waals surface area contributed by atoms with Crippen LogP contribution in [0.2, 0.25) is 0 Å². The standard InChI is InChI=1S/C17H14AsF5N3O4S/c1-9(27)18-13-5-2-10(8-24-13)16(28)25-15-11(19)3-4-12(14(15)20)26-31(29,30)7-6-17(21,22)23/h2-5,8,26H,6-7H2,1H3,(H,25,28). The normalized spacial score (nSPS) is 12.2. The van der Waals surface area contributed by atoms with Crippen LogP contribution in [0.3, 0.4) is 0 Å². The fourth-order valence-corrected chi connectivity index (χ4v) is 4.47. The summed E-state index contributed by atoms with van der Waals surface area (Å²) in [6.07, 6.45) is -5.31. The Morgan fingerprint density at radius 2 is 1.81 bits per heavy atom. The van der Waals surface area contributed by atoms with Gasteiger partial charge in [-0.05, 0) is 0 Å². The fraction of sp³-hybridized carbons (Fsp3) is 0.235. The molecule has 0 saturated carbocycles. The Hall–Kier alpha value is -2.53. The van der Waals surface area contributed by atoms with Gasteiger partial charge in [0.25, 0.3) is 0 Å². The molecule has 0 aliphatic rings. The summed E-state index contributed by atoms with van der Waals surface area (Å²) in [7, 11) is -4.60. The molecule has 0 aliphatic heterocycles. The number of hydrogen-bond acceptors (Lipinski definition) is 5. The van der Waals surface area contributed by atoms with Crippen LogP contribution < -0.4 is 14.5 Å². The Labute approximate surface area is 180 Å². The zero-order chi connectivity index (χ0) is 23.4. The average molecular weight is 526 g/mol. The number of nitrogens with one attached hydrogen (secondary N) is 2. The van der Waals surface area contributed by atoms with Gasteiger partial charge >= 0.3 is 160 Å². The second-order valence-corrected chi connectivity index (χ2v) is 10.7. The SMILES string of the molecule is CC(=O)[As]c1ccc(C(=O)Nc2c(F)ccc(NS(=O)(=O)CCC(F)(F)F)c2F)cn1. The molecule has 1 amide bonds. The van der Waals surface area contributed by atoms with Gasteiger partial charge in [-0.1, -0.05) is 0 Å². The molecule has 0 unspecified atom stereocenters. The van der Waals surface area contributed by atoms with Crippen molar-refractivity contribution in [2.45, 2.75) is 19.5 Å². The van der Waals surface area contributed by atoms with Crippen LogP contribution in [0.5, 0.6) is 0 Å². The van der Waals surface area contributed by atoms with E-state index >= 15 is 0 Å². The third-order valence-electron chi connectivity index (χ3n) is 3.53. The molecule has 0 saturated heterocycles. The van der Waals surface area contributed by atoms with E-state index in [2.05, 4.69) is 4.98 Å². The van der Waals surface area contributed by atoms with Crippen molar-refractivity contribution in [3.63, 3.8) is 0 Å². The van der Waals surface area contributed by atoms with Crippen LogP contribution in [0.1, 0.15) is 23.7 Å². The van der Waals surface area contributed by atoms with Crippen molar-refractivity contribution < 1.29 is 40.0 Å². The van der Waals surface area contributed by atoms with Gasteiger partial charge in [0.1, 0.15) is 0 Å². The van der Waals surface area contributed by atoms with Crippen molar-refractivity contribution in [3.05, 3.63) is 47.7 Å². The number of hydrogen-bond donors (Lipinski definition) is 2. The quantitative estimate of drug-likeness (QED) is 0.406. The molecule has 2 N–H and O–H groups in total. The third-order valence-corrected chi connectivity index (χ3v) is 6.50.